The van der Waals surface area contributed by atoms with Crippen LogP contribution in [-0.2, 0) is 18.3 Å². The number of rotatable bonds is 8. The number of carbonyl (C=O) groups excluding carboxylic acids is 1. The van der Waals surface area contributed by atoms with Gasteiger partial charge in [-0.05, 0) is 68.8 Å². The average Bonchev–Trinajstić information content (AvgIpc) is 3.76. The van der Waals surface area contributed by atoms with E-state index in [9.17, 15) is 9.59 Å². The van der Waals surface area contributed by atoms with Crippen LogP contribution in [-0.4, -0.2) is 58.6 Å². The van der Waals surface area contributed by atoms with Gasteiger partial charge in [0.2, 0.25) is 0 Å². The molecule has 4 heterocycles. The third-order valence-electron chi connectivity index (χ3n) is 9.39. The molecule has 11 heteroatoms. The zero-order valence-corrected chi connectivity index (χ0v) is 26.6. The number of hydrogen-bond acceptors (Lipinski definition) is 7. The summed E-state index contributed by atoms with van der Waals surface area (Å²) in [7, 11) is 3.35. The molecule has 10 nitrogen and oxygen atoms in total. The summed E-state index contributed by atoms with van der Waals surface area (Å²) in [4.78, 5) is 33.5. The number of anilines is 1. The SMILES string of the molecule is COc1cc2c(Oc3ccc(NC(=O)c4c(C)n(C)n(-c5ccccc5)c4=O)cc3F)ccnc2cc1CN1CCC2(CCOC2)C1. The second kappa shape index (κ2) is 12.3. The summed E-state index contributed by atoms with van der Waals surface area (Å²) in [5.41, 5.74) is 2.80. The molecule has 2 aliphatic rings. The highest BCUT2D eigenvalue weighted by atomic mass is 19.1. The molecule has 1 spiro atoms. The number of likely N-dealkylation sites (tertiary alicyclic amines) is 1. The van der Waals surface area contributed by atoms with Crippen LogP contribution in [0.2, 0.25) is 0 Å². The van der Waals surface area contributed by atoms with Crippen LogP contribution in [0.3, 0.4) is 0 Å². The van der Waals surface area contributed by atoms with Crippen molar-refractivity contribution in [2.24, 2.45) is 12.5 Å². The standard InChI is InChI=1S/C36H36FN5O5/c1-23-33(35(44)42(40(23)2)26-7-5-4-6-8-26)34(43)39-25-9-10-31(28(37)18-25)47-30-11-14-38-29-17-24(32(45-3)19-27(29)30)20-41-15-12-36(21-41)13-16-46-22-36/h4-11,14,17-19H,12-13,15-16,20-22H2,1-3H3,(H,39,43). The van der Waals surface area contributed by atoms with E-state index in [4.69, 9.17) is 14.2 Å². The zero-order valence-electron chi connectivity index (χ0n) is 26.6. The van der Waals surface area contributed by atoms with Gasteiger partial charge in [-0.3, -0.25) is 24.2 Å². The van der Waals surface area contributed by atoms with E-state index in [-0.39, 0.29) is 22.4 Å². The van der Waals surface area contributed by atoms with Gasteiger partial charge in [0, 0.05) is 61.1 Å². The number of nitrogens with one attached hydrogen (secondary N) is 1. The van der Waals surface area contributed by atoms with Crippen molar-refractivity contribution in [2.75, 3.05) is 38.7 Å². The fourth-order valence-corrected chi connectivity index (χ4v) is 6.77. The Balaban J connectivity index is 1.09. The largest absolute Gasteiger partial charge is 0.496 e. The molecule has 2 saturated heterocycles. The molecule has 7 rings (SSSR count). The number of aromatic nitrogens is 3. The zero-order chi connectivity index (χ0) is 32.7. The molecule has 1 atom stereocenters. The average molecular weight is 638 g/mol. The first kappa shape index (κ1) is 30.6. The lowest BCUT2D eigenvalue weighted by atomic mass is 9.87. The first-order valence-electron chi connectivity index (χ1n) is 15.6. The van der Waals surface area contributed by atoms with Crippen molar-refractivity contribution >= 4 is 22.5 Å². The number of benzene rings is 3. The molecule has 47 heavy (non-hydrogen) atoms. The van der Waals surface area contributed by atoms with Gasteiger partial charge in [0.25, 0.3) is 11.5 Å². The number of para-hydroxylation sites is 1. The highest BCUT2D eigenvalue weighted by molar-refractivity contribution is 6.05. The molecular formula is C36H36FN5O5. The minimum atomic E-state index is -0.679. The minimum Gasteiger partial charge on any atom is -0.496 e. The fraction of sp³-hybridized carbons (Fsp3) is 0.306. The number of ether oxygens (including phenoxy) is 3. The van der Waals surface area contributed by atoms with Crippen molar-refractivity contribution < 1.29 is 23.4 Å². The highest BCUT2D eigenvalue weighted by Gasteiger charge is 2.41. The molecule has 1 N–H and O–H groups in total. The number of carbonyl (C=O) groups is 1. The van der Waals surface area contributed by atoms with Gasteiger partial charge in [-0.1, -0.05) is 18.2 Å². The minimum absolute atomic E-state index is 0.0227. The summed E-state index contributed by atoms with van der Waals surface area (Å²) in [5, 5.41) is 3.34. The van der Waals surface area contributed by atoms with E-state index in [0.717, 1.165) is 51.3 Å². The number of nitrogens with zero attached hydrogens (tertiary/aromatic N) is 4. The van der Waals surface area contributed by atoms with E-state index in [1.807, 2.05) is 30.3 Å². The Labute approximate surface area is 271 Å². The molecule has 0 aliphatic carbocycles. The van der Waals surface area contributed by atoms with Crippen LogP contribution in [0.4, 0.5) is 10.1 Å². The first-order valence-corrected chi connectivity index (χ1v) is 15.6. The topological polar surface area (TPSA) is 99.9 Å². The number of pyridine rings is 1. The Morgan fingerprint density at radius 1 is 1.06 bits per heavy atom. The van der Waals surface area contributed by atoms with Crippen LogP contribution < -0.4 is 20.3 Å². The van der Waals surface area contributed by atoms with Gasteiger partial charge in [-0.25, -0.2) is 9.07 Å². The van der Waals surface area contributed by atoms with Crippen molar-refractivity contribution in [3.05, 3.63) is 106 Å². The van der Waals surface area contributed by atoms with Crippen LogP contribution in [0.5, 0.6) is 17.2 Å². The van der Waals surface area contributed by atoms with Crippen molar-refractivity contribution in [1.82, 2.24) is 19.2 Å². The van der Waals surface area contributed by atoms with Gasteiger partial charge in [-0.15, -0.1) is 0 Å². The van der Waals surface area contributed by atoms with E-state index in [1.165, 1.54) is 22.9 Å². The smallest absolute Gasteiger partial charge is 0.284 e. The van der Waals surface area contributed by atoms with Crippen LogP contribution in [0.15, 0.2) is 77.7 Å². The Kier molecular flexibility index (Phi) is 8.03. The second-order valence-corrected chi connectivity index (χ2v) is 12.4. The van der Waals surface area contributed by atoms with Gasteiger partial charge in [0.05, 0.1) is 30.6 Å². The third-order valence-corrected chi connectivity index (χ3v) is 9.39. The Morgan fingerprint density at radius 3 is 2.64 bits per heavy atom. The van der Waals surface area contributed by atoms with Crippen molar-refractivity contribution in [2.45, 2.75) is 26.3 Å². The number of amides is 1. The predicted octanol–water partition coefficient (Wildman–Crippen LogP) is 5.84. The van der Waals surface area contributed by atoms with Crippen LogP contribution in [0.25, 0.3) is 16.6 Å². The van der Waals surface area contributed by atoms with E-state index in [0.29, 0.717) is 33.8 Å². The molecule has 0 bridgehead atoms. The molecule has 1 amide bonds. The maximum Gasteiger partial charge on any atom is 0.284 e. The maximum atomic E-state index is 15.4. The maximum absolute atomic E-state index is 15.4. The molecule has 2 aliphatic heterocycles. The van der Waals surface area contributed by atoms with Gasteiger partial charge < -0.3 is 19.5 Å². The molecule has 3 aromatic carbocycles. The quantitative estimate of drug-likeness (QED) is 0.228. The molecule has 5 aromatic rings. The van der Waals surface area contributed by atoms with E-state index >= 15 is 4.39 Å². The fourth-order valence-electron chi connectivity index (χ4n) is 6.77. The van der Waals surface area contributed by atoms with Crippen molar-refractivity contribution in [1.29, 1.82) is 0 Å². The van der Waals surface area contributed by atoms with Crippen LogP contribution >= 0.6 is 0 Å². The summed E-state index contributed by atoms with van der Waals surface area (Å²) < 4.78 is 36.0. The lowest BCUT2D eigenvalue weighted by molar-refractivity contribution is 0.102. The Hall–Kier alpha value is -5.00. The third kappa shape index (κ3) is 5.77. The number of halogens is 1. The Morgan fingerprint density at radius 2 is 1.89 bits per heavy atom. The van der Waals surface area contributed by atoms with Gasteiger partial charge in [0.1, 0.15) is 17.1 Å². The molecule has 0 radical (unpaired) electrons. The molecule has 242 valence electrons. The molecule has 1 unspecified atom stereocenters. The highest BCUT2D eigenvalue weighted by Crippen LogP contribution is 2.40. The van der Waals surface area contributed by atoms with E-state index in [1.54, 1.807) is 50.2 Å². The summed E-state index contributed by atoms with van der Waals surface area (Å²) in [6.45, 7) is 6.09. The Bertz CT molecular complexity index is 2030. The van der Waals surface area contributed by atoms with Gasteiger partial charge in [0.15, 0.2) is 11.6 Å². The lowest BCUT2D eigenvalue weighted by Gasteiger charge is -2.23. The summed E-state index contributed by atoms with van der Waals surface area (Å²) in [5.74, 6) is -0.210. The number of hydrogen-bond donors (Lipinski definition) is 1. The second-order valence-electron chi connectivity index (χ2n) is 12.4. The van der Waals surface area contributed by atoms with Gasteiger partial charge in [-0.2, -0.15) is 0 Å². The molecule has 0 saturated carbocycles. The number of fused-ring (bicyclic) bond motifs is 1. The molecule has 2 aromatic heterocycles. The van der Waals surface area contributed by atoms with Crippen LogP contribution in [0.1, 0.15) is 34.5 Å². The van der Waals surface area contributed by atoms with E-state index < -0.39 is 17.3 Å². The van der Waals surface area contributed by atoms with E-state index in [2.05, 4.69) is 15.2 Å². The first-order chi connectivity index (χ1) is 22.7. The molecular weight excluding hydrogens is 601 g/mol. The summed E-state index contributed by atoms with van der Waals surface area (Å²) >= 11 is 0. The van der Waals surface area contributed by atoms with Crippen LogP contribution in [0, 0.1) is 18.2 Å². The number of methoxy groups -OCH3 is 1. The van der Waals surface area contributed by atoms with Crippen molar-refractivity contribution in [3.8, 4) is 22.9 Å². The normalized spacial score (nSPS) is 17.9. The predicted molar refractivity (Wildman–Crippen MR) is 176 cm³/mol. The monoisotopic (exact) mass is 637 g/mol. The van der Waals surface area contributed by atoms with Crippen molar-refractivity contribution in [3.63, 3.8) is 0 Å². The summed E-state index contributed by atoms with van der Waals surface area (Å²) in [6.07, 6.45) is 3.87. The molecule has 2 fully saturated rings. The van der Waals surface area contributed by atoms with Gasteiger partial charge >= 0.3 is 0 Å². The summed E-state index contributed by atoms with van der Waals surface area (Å²) in [6, 6.07) is 18.8. The lowest BCUT2D eigenvalue weighted by Crippen LogP contribution is -2.27.